The summed E-state index contributed by atoms with van der Waals surface area (Å²) >= 11 is 0. The molecule has 0 aromatic heterocycles. The molecule has 4 fully saturated rings. The molecule has 0 amide bonds. The molecular weight excluding hydrogens is 685 g/mol. The third-order valence-electron chi connectivity index (χ3n) is 9.35. The van der Waals surface area contributed by atoms with Gasteiger partial charge in [-0.1, -0.05) is 91.0 Å². The van der Waals surface area contributed by atoms with Crippen LogP contribution in [0, 0.1) is 0 Å². The molecule has 10 nitrogen and oxygen atoms in total. The maximum atomic E-state index is 15.0. The van der Waals surface area contributed by atoms with Crippen molar-refractivity contribution in [1.82, 2.24) is 0 Å². The van der Waals surface area contributed by atoms with Crippen LogP contribution in [0.4, 0.5) is 13.2 Å². The van der Waals surface area contributed by atoms with Gasteiger partial charge >= 0.3 is 6.18 Å². The highest BCUT2D eigenvalue weighted by Crippen LogP contribution is 2.45. The Kier molecular flexibility index (Phi) is 11.1. The molecule has 52 heavy (non-hydrogen) atoms. The van der Waals surface area contributed by atoms with E-state index in [-0.39, 0.29) is 26.4 Å². The summed E-state index contributed by atoms with van der Waals surface area (Å²) in [6.45, 7) is 6.76. The van der Waals surface area contributed by atoms with Gasteiger partial charge in [-0.3, -0.25) is 0 Å². The normalized spacial score (nSPS) is 33.8. The first-order chi connectivity index (χ1) is 24.9. The molecule has 0 saturated carbocycles. The smallest absolute Gasteiger partial charge is 0.368 e. The van der Waals surface area contributed by atoms with Gasteiger partial charge in [0.05, 0.1) is 26.4 Å². The van der Waals surface area contributed by atoms with Crippen molar-refractivity contribution in [2.24, 2.45) is 0 Å². The van der Waals surface area contributed by atoms with Crippen LogP contribution in [0.15, 0.2) is 91.0 Å². The van der Waals surface area contributed by atoms with Crippen LogP contribution in [0.1, 0.15) is 44.4 Å². The second-order valence-corrected chi connectivity index (χ2v) is 14.3. The van der Waals surface area contributed by atoms with Crippen LogP contribution in [0.3, 0.4) is 0 Å². The molecule has 4 saturated heterocycles. The SMILES string of the molecule is CC1(C)O[C@H]2[C@@H](O1)[C@@H](CO[C@H]1O[C@@H](C(F)(F)F)[C@H](OCc3ccccc3)[C@@H](OCc3ccccc3)[C@H]1OCc1ccccc1)O[C@@H]1OC(C)(C)O[C@@H]12. The Morgan fingerprint density at radius 3 is 1.54 bits per heavy atom. The highest BCUT2D eigenvalue weighted by Gasteiger charge is 2.62. The van der Waals surface area contributed by atoms with Gasteiger partial charge in [-0.25, -0.2) is 0 Å². The molecule has 3 aromatic rings. The standard InChI is InChI=1S/C39H45F3O10/c1-37(2)49-28-27(47-36-33(30(28)50-37)51-38(3,4)52-36)23-46-35-32(45-22-26-18-12-7-13-19-26)29(43-20-24-14-8-5-9-15-24)31(34(48-35)39(40,41)42)44-21-25-16-10-6-11-17-25/h5-19,27-36H,20-23H2,1-4H3/t27-,28+,29-,30+,31-,32-,33-,34-,35+,36-/m1/s1. The van der Waals surface area contributed by atoms with Crippen molar-refractivity contribution < 1.29 is 60.5 Å². The Hall–Kier alpha value is -2.95. The lowest BCUT2D eigenvalue weighted by Crippen LogP contribution is -2.64. The average molecular weight is 731 g/mol. The molecule has 0 N–H and O–H groups in total. The minimum Gasteiger partial charge on any atom is -0.368 e. The summed E-state index contributed by atoms with van der Waals surface area (Å²) in [5.41, 5.74) is 2.25. The highest BCUT2D eigenvalue weighted by molar-refractivity contribution is 5.16. The van der Waals surface area contributed by atoms with Crippen LogP contribution in [0.5, 0.6) is 0 Å². The summed E-state index contributed by atoms with van der Waals surface area (Å²) in [6, 6.07) is 27.4. The largest absolute Gasteiger partial charge is 0.417 e. The van der Waals surface area contributed by atoms with Gasteiger partial charge in [-0.15, -0.1) is 0 Å². The molecule has 0 unspecified atom stereocenters. The number of hydrogen-bond donors (Lipinski definition) is 0. The van der Waals surface area contributed by atoms with Crippen molar-refractivity contribution in [2.45, 2.75) is 127 Å². The molecule has 4 aliphatic heterocycles. The zero-order chi connectivity index (χ0) is 36.5. The minimum atomic E-state index is -4.85. The summed E-state index contributed by atoms with van der Waals surface area (Å²) in [7, 11) is 0. The zero-order valence-corrected chi connectivity index (χ0v) is 29.5. The second-order valence-electron chi connectivity index (χ2n) is 14.3. The van der Waals surface area contributed by atoms with Crippen LogP contribution >= 0.6 is 0 Å². The molecule has 4 heterocycles. The minimum absolute atomic E-state index is 0.00879. The van der Waals surface area contributed by atoms with Crippen molar-refractivity contribution in [1.29, 1.82) is 0 Å². The Morgan fingerprint density at radius 1 is 0.538 bits per heavy atom. The highest BCUT2D eigenvalue weighted by atomic mass is 19.4. The monoisotopic (exact) mass is 730 g/mol. The van der Waals surface area contributed by atoms with E-state index in [1.54, 1.807) is 52.0 Å². The Balaban J connectivity index is 1.19. The van der Waals surface area contributed by atoms with E-state index < -0.39 is 79.2 Å². The maximum Gasteiger partial charge on any atom is 0.417 e. The predicted octanol–water partition coefficient (Wildman–Crippen LogP) is 6.44. The third kappa shape index (κ3) is 8.71. The summed E-state index contributed by atoms with van der Waals surface area (Å²) in [4.78, 5) is 0. The Bertz CT molecular complexity index is 1580. The van der Waals surface area contributed by atoms with Crippen molar-refractivity contribution in [2.75, 3.05) is 6.61 Å². The van der Waals surface area contributed by atoms with Gasteiger partial charge in [0, 0.05) is 0 Å². The van der Waals surface area contributed by atoms with E-state index in [0.717, 1.165) is 11.1 Å². The topological polar surface area (TPSA) is 92.3 Å². The number of halogens is 3. The van der Waals surface area contributed by atoms with Crippen LogP contribution in [0.2, 0.25) is 0 Å². The third-order valence-corrected chi connectivity index (χ3v) is 9.35. The molecule has 0 spiro atoms. The first-order valence-corrected chi connectivity index (χ1v) is 17.5. The molecular formula is C39H45F3O10. The first-order valence-electron chi connectivity index (χ1n) is 17.5. The Labute approximate surface area is 301 Å². The number of fused-ring (bicyclic) bond motifs is 3. The van der Waals surface area contributed by atoms with Gasteiger partial charge in [-0.05, 0) is 44.4 Å². The summed E-state index contributed by atoms with van der Waals surface area (Å²) < 4.78 is 107. The van der Waals surface area contributed by atoms with Crippen LogP contribution in [-0.2, 0) is 67.2 Å². The van der Waals surface area contributed by atoms with Crippen molar-refractivity contribution in [3.8, 4) is 0 Å². The molecule has 13 heteroatoms. The lowest BCUT2D eigenvalue weighted by molar-refractivity contribution is -0.375. The molecule has 4 aliphatic rings. The molecule has 0 aliphatic carbocycles. The number of ether oxygens (including phenoxy) is 10. The van der Waals surface area contributed by atoms with E-state index >= 15 is 13.2 Å². The maximum absolute atomic E-state index is 15.0. The number of alkyl halides is 3. The van der Waals surface area contributed by atoms with Crippen LogP contribution in [-0.4, -0.2) is 85.8 Å². The Morgan fingerprint density at radius 2 is 1.00 bits per heavy atom. The second kappa shape index (κ2) is 15.4. The fourth-order valence-electron chi connectivity index (χ4n) is 7.07. The van der Waals surface area contributed by atoms with E-state index in [1.165, 1.54) is 0 Å². The van der Waals surface area contributed by atoms with Gasteiger partial charge in [0.25, 0.3) is 0 Å². The van der Waals surface area contributed by atoms with Crippen molar-refractivity contribution in [3.63, 3.8) is 0 Å². The number of hydrogen-bond acceptors (Lipinski definition) is 10. The summed E-state index contributed by atoms with van der Waals surface area (Å²) in [5, 5.41) is 0. The van der Waals surface area contributed by atoms with E-state index in [9.17, 15) is 0 Å². The van der Waals surface area contributed by atoms with Gasteiger partial charge in [0.2, 0.25) is 0 Å². The van der Waals surface area contributed by atoms with Gasteiger partial charge in [0.15, 0.2) is 30.3 Å². The predicted molar refractivity (Wildman–Crippen MR) is 178 cm³/mol. The van der Waals surface area contributed by atoms with Gasteiger partial charge in [0.1, 0.15) is 42.7 Å². The van der Waals surface area contributed by atoms with Crippen LogP contribution in [0.25, 0.3) is 0 Å². The number of benzene rings is 3. The van der Waals surface area contributed by atoms with Crippen molar-refractivity contribution in [3.05, 3.63) is 108 Å². The van der Waals surface area contributed by atoms with Gasteiger partial charge < -0.3 is 47.4 Å². The summed E-state index contributed by atoms with van der Waals surface area (Å²) in [5.74, 6) is -1.93. The average Bonchev–Trinajstić information content (AvgIpc) is 3.62. The van der Waals surface area contributed by atoms with Gasteiger partial charge in [-0.2, -0.15) is 13.2 Å². The van der Waals surface area contributed by atoms with E-state index in [2.05, 4.69) is 0 Å². The zero-order valence-electron chi connectivity index (χ0n) is 29.5. The molecule has 10 atom stereocenters. The quantitative estimate of drug-likeness (QED) is 0.207. The van der Waals surface area contributed by atoms with E-state index in [0.29, 0.717) is 5.56 Å². The lowest BCUT2D eigenvalue weighted by atomic mass is 9.96. The fourth-order valence-corrected chi connectivity index (χ4v) is 7.07. The lowest BCUT2D eigenvalue weighted by Gasteiger charge is -2.46. The fraction of sp³-hybridized carbons (Fsp3) is 0.538. The van der Waals surface area contributed by atoms with Crippen molar-refractivity contribution >= 4 is 0 Å². The number of rotatable bonds is 12. The van der Waals surface area contributed by atoms with Crippen LogP contribution < -0.4 is 0 Å². The summed E-state index contributed by atoms with van der Waals surface area (Å²) in [6.07, 6.45) is -16.4. The van der Waals surface area contributed by atoms with E-state index in [4.69, 9.17) is 47.4 Å². The molecule has 3 aromatic carbocycles. The van der Waals surface area contributed by atoms with E-state index in [1.807, 2.05) is 66.7 Å². The molecule has 0 radical (unpaired) electrons. The molecule has 7 rings (SSSR count). The molecule has 282 valence electrons. The first kappa shape index (κ1) is 37.4. The molecule has 0 bridgehead atoms.